The fraction of sp³-hybridized carbons (Fsp3) is 0.222. The summed E-state index contributed by atoms with van der Waals surface area (Å²) in [4.78, 5) is 25.0. The van der Waals surface area contributed by atoms with Gasteiger partial charge in [0.25, 0.3) is 17.4 Å². The smallest absolute Gasteiger partial charge is 0.417 e. The van der Waals surface area contributed by atoms with Gasteiger partial charge in [0.1, 0.15) is 5.75 Å². The predicted octanol–water partition coefficient (Wildman–Crippen LogP) is 4.40. The SMILES string of the molecule is Cc1ccc2c(c1)NC(=O)C(C)(C(=O)Nc1ccc(Cl)c(C(F)(F)F)c1)O2. The lowest BCUT2D eigenvalue weighted by Gasteiger charge is -2.33. The summed E-state index contributed by atoms with van der Waals surface area (Å²) in [5.74, 6) is -1.37. The summed E-state index contributed by atoms with van der Waals surface area (Å²) >= 11 is 5.56. The summed E-state index contributed by atoms with van der Waals surface area (Å²) in [7, 11) is 0. The molecule has 2 aromatic rings. The Hall–Kier alpha value is -2.74. The van der Waals surface area contributed by atoms with Gasteiger partial charge in [0.15, 0.2) is 0 Å². The van der Waals surface area contributed by atoms with Gasteiger partial charge in [0.2, 0.25) is 0 Å². The Morgan fingerprint density at radius 1 is 1.22 bits per heavy atom. The number of ether oxygens (including phenoxy) is 1. The lowest BCUT2D eigenvalue weighted by molar-refractivity contribution is -0.143. The molecule has 1 heterocycles. The molecule has 0 spiro atoms. The zero-order valence-corrected chi connectivity index (χ0v) is 15.0. The minimum absolute atomic E-state index is 0.163. The average molecular weight is 399 g/mol. The standard InChI is InChI=1S/C18H14ClF3N2O3/c1-9-3-6-14-13(7-9)24-16(26)17(2,27-14)15(25)23-10-4-5-12(19)11(8-10)18(20,21)22/h3-8H,1-2H3,(H,23,25)(H,24,26). The molecule has 5 nitrogen and oxygen atoms in total. The number of alkyl halides is 3. The van der Waals surface area contributed by atoms with E-state index in [4.69, 9.17) is 16.3 Å². The molecule has 27 heavy (non-hydrogen) atoms. The van der Waals surface area contributed by atoms with Crippen LogP contribution in [0.25, 0.3) is 0 Å². The zero-order chi connectivity index (χ0) is 20.0. The topological polar surface area (TPSA) is 67.4 Å². The van der Waals surface area contributed by atoms with Crippen LogP contribution in [0, 0.1) is 6.92 Å². The van der Waals surface area contributed by atoms with Crippen molar-refractivity contribution in [2.45, 2.75) is 25.6 Å². The lowest BCUT2D eigenvalue weighted by Crippen LogP contribution is -2.56. The number of benzene rings is 2. The highest BCUT2D eigenvalue weighted by Gasteiger charge is 2.47. The number of carbonyl (C=O) groups excluding carboxylic acids is 2. The summed E-state index contributed by atoms with van der Waals surface area (Å²) in [6.45, 7) is 3.06. The van der Waals surface area contributed by atoms with Gasteiger partial charge in [0.05, 0.1) is 16.3 Å². The van der Waals surface area contributed by atoms with Gasteiger partial charge in [-0.05, 0) is 49.7 Å². The minimum Gasteiger partial charge on any atom is -0.466 e. The van der Waals surface area contributed by atoms with E-state index in [1.165, 1.54) is 13.0 Å². The third kappa shape index (κ3) is 3.57. The number of carbonyl (C=O) groups is 2. The van der Waals surface area contributed by atoms with Crippen LogP contribution in [0.3, 0.4) is 0 Å². The Morgan fingerprint density at radius 3 is 2.59 bits per heavy atom. The van der Waals surface area contributed by atoms with E-state index in [9.17, 15) is 22.8 Å². The molecule has 1 atom stereocenters. The van der Waals surface area contributed by atoms with Crippen molar-refractivity contribution >= 4 is 34.8 Å². The molecule has 0 saturated carbocycles. The highest BCUT2D eigenvalue weighted by Crippen LogP contribution is 2.37. The molecule has 3 rings (SSSR count). The summed E-state index contributed by atoms with van der Waals surface area (Å²) in [5, 5.41) is 4.36. The second kappa shape index (κ2) is 6.45. The molecule has 1 unspecified atom stereocenters. The van der Waals surface area contributed by atoms with E-state index in [1.807, 2.05) is 6.92 Å². The van der Waals surface area contributed by atoms with E-state index in [0.717, 1.165) is 11.6 Å². The molecule has 0 bridgehead atoms. The summed E-state index contributed by atoms with van der Waals surface area (Å²) in [6, 6.07) is 7.93. The maximum atomic E-state index is 13.0. The van der Waals surface area contributed by atoms with Crippen LogP contribution in [0.2, 0.25) is 5.02 Å². The molecule has 2 N–H and O–H groups in total. The van der Waals surface area contributed by atoms with Crippen LogP contribution in [-0.4, -0.2) is 17.4 Å². The van der Waals surface area contributed by atoms with Crippen LogP contribution in [0.4, 0.5) is 24.5 Å². The minimum atomic E-state index is -4.68. The first-order valence-corrected chi connectivity index (χ1v) is 8.18. The molecular formula is C18H14ClF3N2O3. The number of nitrogens with one attached hydrogen (secondary N) is 2. The largest absolute Gasteiger partial charge is 0.466 e. The van der Waals surface area contributed by atoms with Crippen LogP contribution >= 0.6 is 11.6 Å². The van der Waals surface area contributed by atoms with Gasteiger partial charge in [0, 0.05) is 5.69 Å². The third-order valence-electron chi connectivity index (χ3n) is 4.09. The fourth-order valence-corrected chi connectivity index (χ4v) is 2.78. The van der Waals surface area contributed by atoms with Crippen LogP contribution in [0.1, 0.15) is 18.1 Å². The Morgan fingerprint density at radius 2 is 1.93 bits per heavy atom. The molecule has 0 fully saturated rings. The number of amides is 2. The summed E-state index contributed by atoms with van der Waals surface area (Å²) < 4.78 is 44.5. The maximum absolute atomic E-state index is 13.0. The summed E-state index contributed by atoms with van der Waals surface area (Å²) in [5.41, 5.74) is -1.92. The van der Waals surface area contributed by atoms with Crippen LogP contribution in [0.5, 0.6) is 5.75 Å². The Labute approximate surface area is 157 Å². The number of rotatable bonds is 2. The Balaban J connectivity index is 1.88. The quantitative estimate of drug-likeness (QED) is 0.737. The van der Waals surface area contributed by atoms with E-state index in [-0.39, 0.29) is 11.4 Å². The van der Waals surface area contributed by atoms with Crippen molar-refractivity contribution < 1.29 is 27.5 Å². The first-order chi connectivity index (χ1) is 12.5. The van der Waals surface area contributed by atoms with E-state index < -0.39 is 34.2 Å². The fourth-order valence-electron chi connectivity index (χ4n) is 2.56. The van der Waals surface area contributed by atoms with E-state index in [0.29, 0.717) is 11.8 Å². The molecule has 0 saturated heterocycles. The van der Waals surface area contributed by atoms with Crippen molar-refractivity contribution in [3.8, 4) is 5.75 Å². The van der Waals surface area contributed by atoms with Gasteiger partial charge in [-0.2, -0.15) is 13.2 Å². The van der Waals surface area contributed by atoms with Crippen molar-refractivity contribution in [3.05, 3.63) is 52.5 Å². The second-order valence-electron chi connectivity index (χ2n) is 6.24. The second-order valence-corrected chi connectivity index (χ2v) is 6.64. The zero-order valence-electron chi connectivity index (χ0n) is 14.2. The highest BCUT2D eigenvalue weighted by atomic mass is 35.5. The Bertz CT molecular complexity index is 946. The van der Waals surface area contributed by atoms with Gasteiger partial charge in [-0.25, -0.2) is 0 Å². The number of aryl methyl sites for hydroxylation is 1. The van der Waals surface area contributed by atoms with E-state index in [1.54, 1.807) is 18.2 Å². The number of fused-ring (bicyclic) bond motifs is 1. The number of hydrogen-bond acceptors (Lipinski definition) is 3. The maximum Gasteiger partial charge on any atom is 0.417 e. The first kappa shape index (κ1) is 19.0. The first-order valence-electron chi connectivity index (χ1n) is 7.80. The van der Waals surface area contributed by atoms with E-state index >= 15 is 0 Å². The van der Waals surface area contributed by atoms with Crippen LogP contribution < -0.4 is 15.4 Å². The molecular weight excluding hydrogens is 385 g/mol. The molecule has 1 aliphatic rings. The molecule has 0 radical (unpaired) electrons. The van der Waals surface area contributed by atoms with Gasteiger partial charge < -0.3 is 15.4 Å². The Kier molecular flexibility index (Phi) is 4.55. The van der Waals surface area contributed by atoms with Crippen LogP contribution in [-0.2, 0) is 15.8 Å². The highest BCUT2D eigenvalue weighted by molar-refractivity contribution is 6.31. The number of anilines is 2. The predicted molar refractivity (Wildman–Crippen MR) is 93.9 cm³/mol. The molecule has 0 aliphatic carbocycles. The van der Waals surface area contributed by atoms with Crippen LogP contribution in [0.15, 0.2) is 36.4 Å². The van der Waals surface area contributed by atoms with Crippen molar-refractivity contribution in [1.29, 1.82) is 0 Å². The van der Waals surface area contributed by atoms with E-state index in [2.05, 4.69) is 10.6 Å². The van der Waals surface area contributed by atoms with Gasteiger partial charge in [-0.1, -0.05) is 17.7 Å². The van der Waals surface area contributed by atoms with Crippen molar-refractivity contribution in [1.82, 2.24) is 0 Å². The molecule has 142 valence electrons. The average Bonchev–Trinajstić information content (AvgIpc) is 2.57. The molecule has 1 aliphatic heterocycles. The molecule has 2 amide bonds. The van der Waals surface area contributed by atoms with Crippen molar-refractivity contribution in [3.63, 3.8) is 0 Å². The van der Waals surface area contributed by atoms with Crippen molar-refractivity contribution in [2.24, 2.45) is 0 Å². The van der Waals surface area contributed by atoms with Crippen molar-refractivity contribution in [2.75, 3.05) is 10.6 Å². The monoisotopic (exact) mass is 398 g/mol. The third-order valence-corrected chi connectivity index (χ3v) is 4.42. The summed E-state index contributed by atoms with van der Waals surface area (Å²) in [6.07, 6.45) is -4.68. The lowest BCUT2D eigenvalue weighted by atomic mass is 10.0. The molecule has 0 aromatic heterocycles. The number of hydrogen-bond donors (Lipinski definition) is 2. The normalized spacial score (nSPS) is 19.0. The van der Waals surface area contributed by atoms with Gasteiger partial charge in [-0.3, -0.25) is 9.59 Å². The molecule has 2 aromatic carbocycles. The van der Waals surface area contributed by atoms with Gasteiger partial charge in [-0.15, -0.1) is 0 Å². The molecule has 9 heteroatoms. The van der Waals surface area contributed by atoms with Gasteiger partial charge >= 0.3 is 6.18 Å². The number of halogens is 4.